The summed E-state index contributed by atoms with van der Waals surface area (Å²) in [6.45, 7) is 0. The molecule has 1 aromatic carbocycles. The van der Waals surface area contributed by atoms with Gasteiger partial charge in [0.2, 0.25) is 0 Å². The van der Waals surface area contributed by atoms with Gasteiger partial charge < -0.3 is 0 Å². The molecule has 2 rings (SSSR count). The molecular formula is C10H8ClN5O. The molecule has 0 atom stereocenters. The molecule has 0 saturated carbocycles. The molecule has 0 radical (unpaired) electrons. The highest BCUT2D eigenvalue weighted by Gasteiger charge is 1.92. The largest absolute Gasteiger partial charge is 0.363 e. The minimum Gasteiger partial charge on any atom is -0.260 e. The second-order valence-corrected chi connectivity index (χ2v) is 3.53. The maximum atomic E-state index is 10.8. The molecule has 1 aromatic heterocycles. The first kappa shape index (κ1) is 11.3. The van der Waals surface area contributed by atoms with E-state index >= 15 is 0 Å². The molecule has 0 unspecified atom stereocenters. The van der Waals surface area contributed by atoms with Crippen LogP contribution in [-0.4, -0.2) is 21.4 Å². The zero-order chi connectivity index (χ0) is 12.1. The Morgan fingerprint density at radius 1 is 1.35 bits per heavy atom. The molecule has 0 aliphatic rings. The van der Waals surface area contributed by atoms with Crippen LogP contribution in [0.4, 0.5) is 5.82 Å². The first-order valence-electron chi connectivity index (χ1n) is 4.70. The normalized spacial score (nSPS) is 10.6. The van der Waals surface area contributed by atoms with Crippen LogP contribution in [0.2, 0.25) is 5.02 Å². The van der Waals surface area contributed by atoms with Crippen LogP contribution in [0.5, 0.6) is 0 Å². The van der Waals surface area contributed by atoms with Crippen molar-refractivity contribution in [2.24, 2.45) is 5.10 Å². The first-order valence-corrected chi connectivity index (χ1v) is 5.08. The number of hydrogen-bond donors (Lipinski definition) is 2. The summed E-state index contributed by atoms with van der Waals surface area (Å²) in [5.41, 5.74) is 2.94. The second-order valence-electron chi connectivity index (χ2n) is 3.09. The Balaban J connectivity index is 2.02. The number of hydrogen-bond acceptors (Lipinski definition) is 5. The molecule has 6 nitrogen and oxygen atoms in total. The number of rotatable bonds is 3. The quantitative estimate of drug-likeness (QED) is 0.634. The molecule has 0 amide bonds. The summed E-state index contributed by atoms with van der Waals surface area (Å²) in [5, 5.41) is 10.3. The Bertz CT molecular complexity index is 578. The van der Waals surface area contributed by atoms with Gasteiger partial charge >= 0.3 is 5.69 Å². The van der Waals surface area contributed by atoms with E-state index < -0.39 is 5.69 Å². The van der Waals surface area contributed by atoms with Crippen molar-refractivity contribution in [1.82, 2.24) is 15.2 Å². The highest BCUT2D eigenvalue weighted by molar-refractivity contribution is 6.30. The lowest BCUT2D eigenvalue weighted by atomic mass is 10.2. The number of anilines is 1. The van der Waals surface area contributed by atoms with E-state index in [2.05, 4.69) is 25.7 Å². The standard InChI is InChI=1S/C10H8ClN5O/c11-8-3-1-7(2-4-8)5-12-15-9-6-13-16-10(17)14-9/h1-6H,(H2,14,15,16,17). The van der Waals surface area contributed by atoms with Crippen molar-refractivity contribution in [3.05, 3.63) is 51.5 Å². The highest BCUT2D eigenvalue weighted by atomic mass is 35.5. The number of aromatic nitrogens is 3. The highest BCUT2D eigenvalue weighted by Crippen LogP contribution is 2.07. The van der Waals surface area contributed by atoms with E-state index in [4.69, 9.17) is 11.6 Å². The Hall–Kier alpha value is -2.21. The zero-order valence-electron chi connectivity index (χ0n) is 8.59. The lowest BCUT2D eigenvalue weighted by Gasteiger charge is -1.96. The van der Waals surface area contributed by atoms with Crippen LogP contribution in [-0.2, 0) is 0 Å². The molecule has 0 saturated heterocycles. The van der Waals surface area contributed by atoms with E-state index in [1.165, 1.54) is 6.20 Å². The summed E-state index contributed by atoms with van der Waals surface area (Å²) in [6, 6.07) is 7.15. The molecular weight excluding hydrogens is 242 g/mol. The lowest BCUT2D eigenvalue weighted by molar-refractivity contribution is 0.913. The van der Waals surface area contributed by atoms with E-state index in [-0.39, 0.29) is 5.82 Å². The molecule has 0 aliphatic heterocycles. The molecule has 86 valence electrons. The number of nitrogens with one attached hydrogen (secondary N) is 2. The number of aromatic amines is 1. The molecule has 7 heteroatoms. The summed E-state index contributed by atoms with van der Waals surface area (Å²) < 4.78 is 0. The van der Waals surface area contributed by atoms with Crippen molar-refractivity contribution in [2.45, 2.75) is 0 Å². The van der Waals surface area contributed by atoms with Crippen LogP contribution in [0.1, 0.15) is 5.56 Å². The molecule has 0 bridgehead atoms. The maximum absolute atomic E-state index is 10.8. The van der Waals surface area contributed by atoms with Gasteiger partial charge in [0, 0.05) is 5.02 Å². The van der Waals surface area contributed by atoms with Gasteiger partial charge in [-0.1, -0.05) is 23.7 Å². The molecule has 2 N–H and O–H groups in total. The lowest BCUT2D eigenvalue weighted by Crippen LogP contribution is -2.13. The third kappa shape index (κ3) is 3.39. The minimum atomic E-state index is -0.531. The fourth-order valence-electron chi connectivity index (χ4n) is 1.09. The third-order valence-electron chi connectivity index (χ3n) is 1.83. The Kier molecular flexibility index (Phi) is 3.46. The molecule has 1 heterocycles. The number of hydrazone groups is 1. The Labute approximate surface area is 101 Å². The molecule has 17 heavy (non-hydrogen) atoms. The van der Waals surface area contributed by atoms with Crippen molar-refractivity contribution in [3.8, 4) is 0 Å². The summed E-state index contributed by atoms with van der Waals surface area (Å²) in [5.74, 6) is 0.277. The van der Waals surface area contributed by atoms with Gasteiger partial charge in [0.25, 0.3) is 0 Å². The van der Waals surface area contributed by atoms with Crippen molar-refractivity contribution >= 4 is 23.6 Å². The van der Waals surface area contributed by atoms with E-state index in [1.54, 1.807) is 18.3 Å². The predicted octanol–water partition coefficient (Wildman–Crippen LogP) is 1.26. The van der Waals surface area contributed by atoms with Crippen molar-refractivity contribution in [3.63, 3.8) is 0 Å². The smallest absolute Gasteiger partial charge is 0.260 e. The number of halogens is 1. The van der Waals surface area contributed by atoms with Gasteiger partial charge in [-0.15, -0.1) is 0 Å². The monoisotopic (exact) mass is 249 g/mol. The van der Waals surface area contributed by atoms with Gasteiger partial charge in [0.05, 0.1) is 12.4 Å². The summed E-state index contributed by atoms with van der Waals surface area (Å²) in [6.07, 6.45) is 2.94. The fourth-order valence-corrected chi connectivity index (χ4v) is 1.21. The van der Waals surface area contributed by atoms with E-state index in [1.807, 2.05) is 12.1 Å². The summed E-state index contributed by atoms with van der Waals surface area (Å²) in [4.78, 5) is 14.4. The van der Waals surface area contributed by atoms with E-state index in [0.717, 1.165) is 5.56 Å². The van der Waals surface area contributed by atoms with Gasteiger partial charge in [-0.05, 0) is 17.7 Å². The summed E-state index contributed by atoms with van der Waals surface area (Å²) >= 11 is 5.74. The minimum absolute atomic E-state index is 0.277. The Morgan fingerprint density at radius 2 is 2.12 bits per heavy atom. The Morgan fingerprint density at radius 3 is 2.82 bits per heavy atom. The summed E-state index contributed by atoms with van der Waals surface area (Å²) in [7, 11) is 0. The molecule has 0 aliphatic carbocycles. The second kappa shape index (κ2) is 5.22. The molecule has 0 spiro atoms. The SMILES string of the molecule is O=c1nc(NN=Cc2ccc(Cl)cc2)cn[nH]1. The van der Waals surface area contributed by atoms with E-state index in [9.17, 15) is 4.79 Å². The van der Waals surface area contributed by atoms with Gasteiger partial charge in [0.1, 0.15) is 0 Å². The number of nitrogens with zero attached hydrogens (tertiary/aromatic N) is 3. The van der Waals surface area contributed by atoms with Crippen LogP contribution in [0, 0.1) is 0 Å². The predicted molar refractivity (Wildman–Crippen MR) is 65.3 cm³/mol. The average Bonchev–Trinajstić information content (AvgIpc) is 2.32. The van der Waals surface area contributed by atoms with Crippen LogP contribution >= 0.6 is 11.6 Å². The van der Waals surface area contributed by atoms with Gasteiger partial charge in [-0.25, -0.2) is 9.89 Å². The van der Waals surface area contributed by atoms with Crippen LogP contribution in [0.3, 0.4) is 0 Å². The van der Waals surface area contributed by atoms with Crippen LogP contribution in [0.15, 0.2) is 40.4 Å². The number of H-pyrrole nitrogens is 1. The van der Waals surface area contributed by atoms with Gasteiger partial charge in [0.15, 0.2) is 5.82 Å². The first-order chi connectivity index (χ1) is 8.24. The third-order valence-corrected chi connectivity index (χ3v) is 2.08. The van der Waals surface area contributed by atoms with Gasteiger partial charge in [-0.2, -0.15) is 15.2 Å². The van der Waals surface area contributed by atoms with Gasteiger partial charge in [-0.3, -0.25) is 5.43 Å². The topological polar surface area (TPSA) is 83.0 Å². The van der Waals surface area contributed by atoms with Crippen molar-refractivity contribution in [2.75, 3.05) is 5.43 Å². The van der Waals surface area contributed by atoms with Crippen molar-refractivity contribution in [1.29, 1.82) is 0 Å². The van der Waals surface area contributed by atoms with Crippen LogP contribution < -0.4 is 11.1 Å². The fraction of sp³-hybridized carbons (Fsp3) is 0. The van der Waals surface area contributed by atoms with Crippen molar-refractivity contribution < 1.29 is 0 Å². The zero-order valence-corrected chi connectivity index (χ0v) is 9.35. The maximum Gasteiger partial charge on any atom is 0.363 e. The number of benzene rings is 1. The average molecular weight is 250 g/mol. The molecule has 2 aromatic rings. The van der Waals surface area contributed by atoms with Crippen LogP contribution in [0.25, 0.3) is 0 Å². The molecule has 0 fully saturated rings. The van der Waals surface area contributed by atoms with E-state index in [0.29, 0.717) is 5.02 Å².